The lowest BCUT2D eigenvalue weighted by atomic mass is 9.99. The molecule has 0 atom stereocenters. The zero-order chi connectivity index (χ0) is 10.6. The predicted octanol–water partition coefficient (Wildman–Crippen LogP) is 3.32. The predicted molar refractivity (Wildman–Crippen MR) is 59.7 cm³/mol. The van der Waals surface area contributed by atoms with Gasteiger partial charge in [-0.05, 0) is 32.3 Å². The molecule has 0 fully saturated rings. The molecule has 14 heavy (non-hydrogen) atoms. The Hall–Kier alpha value is -1.37. The normalized spacial score (nSPS) is 9.86. The fourth-order valence-corrected chi connectivity index (χ4v) is 1.41. The van der Waals surface area contributed by atoms with Crippen LogP contribution < -0.4 is 0 Å². The number of hydrogen-bond acceptors (Lipinski definition) is 1. The van der Waals surface area contributed by atoms with Crippen LogP contribution in [0.2, 0.25) is 0 Å². The molecule has 0 aliphatic carbocycles. The Morgan fingerprint density at radius 3 is 2.79 bits per heavy atom. The van der Waals surface area contributed by atoms with Gasteiger partial charge in [0.1, 0.15) is 6.29 Å². The molecule has 1 aromatic rings. The third-order valence-corrected chi connectivity index (χ3v) is 2.25. The smallest absolute Gasteiger partial charge is 0.150 e. The molecule has 0 bridgehead atoms. The number of benzene rings is 1. The van der Waals surface area contributed by atoms with Gasteiger partial charge in [-0.3, -0.25) is 4.79 Å². The van der Waals surface area contributed by atoms with Gasteiger partial charge >= 0.3 is 0 Å². The first-order valence-electron chi connectivity index (χ1n) is 4.82. The fraction of sp³-hybridized carbons (Fsp3) is 0.308. The second-order valence-electron chi connectivity index (χ2n) is 3.78. The van der Waals surface area contributed by atoms with Crippen LogP contribution in [0.5, 0.6) is 0 Å². The molecule has 1 nitrogen and oxygen atoms in total. The monoisotopic (exact) mass is 188 g/mol. The van der Waals surface area contributed by atoms with Crippen molar-refractivity contribution in [2.24, 2.45) is 0 Å². The van der Waals surface area contributed by atoms with E-state index in [0.717, 1.165) is 35.8 Å². The molecule has 1 heteroatoms. The molecule has 0 saturated heterocycles. The molecule has 1 aromatic carbocycles. The number of allylic oxidation sites excluding steroid dienone is 1. The van der Waals surface area contributed by atoms with Crippen molar-refractivity contribution in [3.63, 3.8) is 0 Å². The minimum atomic E-state index is 0.803. The zero-order valence-electron chi connectivity index (χ0n) is 8.84. The van der Waals surface area contributed by atoms with E-state index in [2.05, 4.69) is 12.6 Å². The first-order chi connectivity index (χ1) is 6.63. The summed E-state index contributed by atoms with van der Waals surface area (Å²) in [6.45, 7) is 7.91. The SMILES string of the molecule is C=C(C)CCc1cc(C)ccc1C=O. The summed E-state index contributed by atoms with van der Waals surface area (Å²) in [5.41, 5.74) is 4.29. The van der Waals surface area contributed by atoms with Crippen molar-refractivity contribution in [3.05, 3.63) is 47.0 Å². The maximum atomic E-state index is 10.8. The second-order valence-corrected chi connectivity index (χ2v) is 3.78. The van der Waals surface area contributed by atoms with Crippen LogP contribution in [-0.2, 0) is 6.42 Å². The van der Waals surface area contributed by atoms with E-state index < -0.39 is 0 Å². The van der Waals surface area contributed by atoms with E-state index in [1.165, 1.54) is 5.56 Å². The number of hydrogen-bond donors (Lipinski definition) is 0. The molecular weight excluding hydrogens is 172 g/mol. The molecule has 0 saturated carbocycles. The van der Waals surface area contributed by atoms with Gasteiger partial charge in [0.05, 0.1) is 0 Å². The Kier molecular flexibility index (Phi) is 3.63. The van der Waals surface area contributed by atoms with Gasteiger partial charge < -0.3 is 0 Å². The maximum absolute atomic E-state index is 10.8. The largest absolute Gasteiger partial charge is 0.298 e. The highest BCUT2D eigenvalue weighted by Crippen LogP contribution is 2.13. The lowest BCUT2D eigenvalue weighted by molar-refractivity contribution is 0.112. The first-order valence-corrected chi connectivity index (χ1v) is 4.82. The van der Waals surface area contributed by atoms with Crippen molar-refractivity contribution in [2.45, 2.75) is 26.7 Å². The van der Waals surface area contributed by atoms with E-state index in [0.29, 0.717) is 0 Å². The number of carbonyl (C=O) groups is 1. The highest BCUT2D eigenvalue weighted by atomic mass is 16.1. The van der Waals surface area contributed by atoms with E-state index in [9.17, 15) is 4.79 Å². The molecule has 74 valence electrons. The first kappa shape index (κ1) is 10.7. The van der Waals surface area contributed by atoms with E-state index in [1.807, 2.05) is 26.0 Å². The molecule has 0 amide bonds. The number of aryl methyl sites for hydroxylation is 2. The van der Waals surface area contributed by atoms with Gasteiger partial charge in [-0.2, -0.15) is 0 Å². The van der Waals surface area contributed by atoms with Crippen molar-refractivity contribution in [1.29, 1.82) is 0 Å². The van der Waals surface area contributed by atoms with Crippen molar-refractivity contribution in [2.75, 3.05) is 0 Å². The van der Waals surface area contributed by atoms with Gasteiger partial charge in [-0.15, -0.1) is 6.58 Å². The standard InChI is InChI=1S/C13H16O/c1-10(2)4-6-12-8-11(3)5-7-13(12)9-14/h5,7-9H,1,4,6H2,2-3H3. The van der Waals surface area contributed by atoms with Gasteiger partial charge in [0, 0.05) is 5.56 Å². The van der Waals surface area contributed by atoms with Crippen LogP contribution in [0.3, 0.4) is 0 Å². The molecule has 1 rings (SSSR count). The average Bonchev–Trinajstić information content (AvgIpc) is 2.15. The van der Waals surface area contributed by atoms with Gasteiger partial charge in [0.25, 0.3) is 0 Å². The average molecular weight is 188 g/mol. The number of rotatable bonds is 4. The Labute approximate surface area is 85.5 Å². The molecule has 0 spiro atoms. The molecule has 0 radical (unpaired) electrons. The summed E-state index contributed by atoms with van der Waals surface area (Å²) in [6, 6.07) is 5.93. The Morgan fingerprint density at radius 1 is 1.50 bits per heavy atom. The van der Waals surface area contributed by atoms with Crippen LogP contribution in [0.4, 0.5) is 0 Å². The third-order valence-electron chi connectivity index (χ3n) is 2.25. The van der Waals surface area contributed by atoms with Crippen molar-refractivity contribution in [1.82, 2.24) is 0 Å². The van der Waals surface area contributed by atoms with Crippen LogP contribution in [0, 0.1) is 6.92 Å². The minimum absolute atomic E-state index is 0.803. The Balaban J connectivity index is 2.87. The molecule has 0 unspecified atom stereocenters. The lowest BCUT2D eigenvalue weighted by Crippen LogP contribution is -1.94. The summed E-state index contributed by atoms with van der Waals surface area (Å²) in [7, 11) is 0. The van der Waals surface area contributed by atoms with Gasteiger partial charge in [-0.1, -0.05) is 29.3 Å². The van der Waals surface area contributed by atoms with Crippen LogP contribution in [0.1, 0.15) is 34.8 Å². The summed E-state index contributed by atoms with van der Waals surface area (Å²) >= 11 is 0. The molecule has 0 aliphatic heterocycles. The molecule has 0 heterocycles. The Bertz CT molecular complexity index is 350. The summed E-state index contributed by atoms with van der Waals surface area (Å²) in [4.78, 5) is 10.8. The topological polar surface area (TPSA) is 17.1 Å². The van der Waals surface area contributed by atoms with Crippen LogP contribution >= 0.6 is 0 Å². The third kappa shape index (κ3) is 2.84. The highest BCUT2D eigenvalue weighted by Gasteiger charge is 2.01. The molecular formula is C13H16O. The van der Waals surface area contributed by atoms with E-state index >= 15 is 0 Å². The Morgan fingerprint density at radius 2 is 2.21 bits per heavy atom. The zero-order valence-corrected chi connectivity index (χ0v) is 8.84. The summed E-state index contributed by atoms with van der Waals surface area (Å²) in [5.74, 6) is 0. The van der Waals surface area contributed by atoms with Crippen molar-refractivity contribution < 1.29 is 4.79 Å². The number of carbonyl (C=O) groups excluding carboxylic acids is 1. The van der Waals surface area contributed by atoms with E-state index in [-0.39, 0.29) is 0 Å². The number of aldehydes is 1. The summed E-state index contributed by atoms with van der Waals surface area (Å²) in [5, 5.41) is 0. The van der Waals surface area contributed by atoms with Crippen LogP contribution in [0.25, 0.3) is 0 Å². The maximum Gasteiger partial charge on any atom is 0.150 e. The van der Waals surface area contributed by atoms with Gasteiger partial charge in [0.2, 0.25) is 0 Å². The van der Waals surface area contributed by atoms with Crippen LogP contribution in [0.15, 0.2) is 30.4 Å². The quantitative estimate of drug-likeness (QED) is 0.523. The fourth-order valence-electron chi connectivity index (χ4n) is 1.41. The molecule has 0 N–H and O–H groups in total. The highest BCUT2D eigenvalue weighted by molar-refractivity contribution is 5.77. The van der Waals surface area contributed by atoms with Gasteiger partial charge in [0.15, 0.2) is 0 Å². The summed E-state index contributed by atoms with van der Waals surface area (Å²) in [6.07, 6.45) is 2.78. The van der Waals surface area contributed by atoms with E-state index in [4.69, 9.17) is 0 Å². The lowest BCUT2D eigenvalue weighted by Gasteiger charge is -2.05. The summed E-state index contributed by atoms with van der Waals surface area (Å²) < 4.78 is 0. The molecule has 0 aromatic heterocycles. The van der Waals surface area contributed by atoms with Crippen molar-refractivity contribution in [3.8, 4) is 0 Å². The van der Waals surface area contributed by atoms with E-state index in [1.54, 1.807) is 0 Å². The van der Waals surface area contributed by atoms with Gasteiger partial charge in [-0.25, -0.2) is 0 Å². The van der Waals surface area contributed by atoms with Crippen molar-refractivity contribution >= 4 is 6.29 Å². The molecule has 0 aliphatic rings. The second kappa shape index (κ2) is 4.75. The van der Waals surface area contributed by atoms with Crippen LogP contribution in [-0.4, -0.2) is 6.29 Å². The minimum Gasteiger partial charge on any atom is -0.298 e.